The molecule has 0 unspecified atom stereocenters. The lowest BCUT2D eigenvalue weighted by atomic mass is 10.1. The molecular weight excluding hydrogens is 303 g/mol. The monoisotopic (exact) mass is 326 g/mol. The van der Waals surface area contributed by atoms with Crippen molar-refractivity contribution in [3.05, 3.63) is 65.5 Å². The lowest BCUT2D eigenvalue weighted by molar-refractivity contribution is -0.129. The normalized spacial score (nSPS) is 14.0. The van der Waals surface area contributed by atoms with Gasteiger partial charge in [0.1, 0.15) is 5.82 Å². The van der Waals surface area contributed by atoms with Gasteiger partial charge in [0.15, 0.2) is 0 Å². The Morgan fingerprint density at radius 1 is 1.08 bits per heavy atom. The van der Waals surface area contributed by atoms with E-state index in [0.717, 1.165) is 18.7 Å². The summed E-state index contributed by atoms with van der Waals surface area (Å²) in [5, 5.41) is 0. The Labute approximate surface area is 142 Å². The number of nitrogens with zero attached hydrogens (tertiary/aromatic N) is 2. The number of amides is 1. The van der Waals surface area contributed by atoms with Gasteiger partial charge in [-0.1, -0.05) is 30.3 Å². The van der Waals surface area contributed by atoms with Gasteiger partial charge in [0.2, 0.25) is 5.91 Å². The van der Waals surface area contributed by atoms with Crippen molar-refractivity contribution in [2.75, 3.05) is 25.0 Å². The molecule has 0 spiro atoms. The molecule has 0 bridgehead atoms. The highest BCUT2D eigenvalue weighted by molar-refractivity contribution is 5.78. The summed E-state index contributed by atoms with van der Waals surface area (Å²) in [4.78, 5) is 16.6. The highest BCUT2D eigenvalue weighted by atomic mass is 19.1. The van der Waals surface area contributed by atoms with Crippen LogP contribution in [0.2, 0.25) is 0 Å². The maximum Gasteiger partial charge on any atom is 0.227 e. The van der Waals surface area contributed by atoms with Crippen LogP contribution in [0.25, 0.3) is 0 Å². The van der Waals surface area contributed by atoms with E-state index >= 15 is 0 Å². The molecule has 0 radical (unpaired) electrons. The number of hydrogen-bond acceptors (Lipinski definition) is 2. The van der Waals surface area contributed by atoms with Crippen LogP contribution in [0.15, 0.2) is 48.5 Å². The first-order valence-corrected chi connectivity index (χ1v) is 8.45. The number of rotatable bonds is 5. The fourth-order valence-corrected chi connectivity index (χ4v) is 3.17. The van der Waals surface area contributed by atoms with Crippen molar-refractivity contribution in [2.45, 2.75) is 25.8 Å². The third kappa shape index (κ3) is 3.94. The van der Waals surface area contributed by atoms with Crippen LogP contribution in [0, 0.1) is 5.82 Å². The molecule has 1 fully saturated rings. The number of benzene rings is 2. The Balaban J connectivity index is 1.66. The van der Waals surface area contributed by atoms with E-state index < -0.39 is 0 Å². The Morgan fingerprint density at radius 3 is 2.46 bits per heavy atom. The van der Waals surface area contributed by atoms with Gasteiger partial charge in [-0.2, -0.15) is 0 Å². The van der Waals surface area contributed by atoms with Crippen LogP contribution < -0.4 is 4.90 Å². The second-order valence-electron chi connectivity index (χ2n) is 6.38. The van der Waals surface area contributed by atoms with Crippen molar-refractivity contribution >= 4 is 11.6 Å². The summed E-state index contributed by atoms with van der Waals surface area (Å²) >= 11 is 0. The van der Waals surface area contributed by atoms with Gasteiger partial charge in [-0.15, -0.1) is 0 Å². The van der Waals surface area contributed by atoms with E-state index in [1.54, 1.807) is 17.0 Å². The number of likely N-dealkylation sites (N-methyl/N-ethyl adjacent to an activating group) is 1. The highest BCUT2D eigenvalue weighted by Gasteiger charge is 2.17. The summed E-state index contributed by atoms with van der Waals surface area (Å²) in [5.41, 5.74) is 3.24. The third-order valence-corrected chi connectivity index (χ3v) is 4.54. The van der Waals surface area contributed by atoms with Gasteiger partial charge in [-0.3, -0.25) is 4.79 Å². The maximum absolute atomic E-state index is 13.0. The second kappa shape index (κ2) is 7.47. The molecule has 1 saturated heterocycles. The van der Waals surface area contributed by atoms with Gasteiger partial charge in [-0.25, -0.2) is 4.39 Å². The van der Waals surface area contributed by atoms with Gasteiger partial charge in [0.25, 0.3) is 0 Å². The SMILES string of the molecule is CN(Cc1ccccc1N1CCCC1)C(=O)Cc1ccc(F)cc1. The van der Waals surface area contributed by atoms with E-state index in [-0.39, 0.29) is 11.7 Å². The summed E-state index contributed by atoms with van der Waals surface area (Å²) in [6.07, 6.45) is 2.75. The molecule has 0 N–H and O–H groups in total. The van der Waals surface area contributed by atoms with Crippen LogP contribution in [0.4, 0.5) is 10.1 Å². The van der Waals surface area contributed by atoms with Gasteiger partial charge in [-0.05, 0) is 42.2 Å². The first-order valence-electron chi connectivity index (χ1n) is 8.45. The lowest BCUT2D eigenvalue weighted by Crippen LogP contribution is -2.29. The zero-order valence-corrected chi connectivity index (χ0v) is 14.0. The first kappa shape index (κ1) is 16.5. The van der Waals surface area contributed by atoms with Gasteiger partial charge >= 0.3 is 0 Å². The molecular formula is C20H23FN2O. The molecule has 1 heterocycles. The zero-order valence-electron chi connectivity index (χ0n) is 14.0. The molecule has 3 rings (SSSR count). The standard InChI is InChI=1S/C20H23FN2O/c1-22(20(24)14-16-8-10-18(21)11-9-16)15-17-6-2-3-7-19(17)23-12-4-5-13-23/h2-3,6-11H,4-5,12-15H2,1H3. The van der Waals surface area contributed by atoms with Gasteiger partial charge < -0.3 is 9.80 Å². The Bertz CT molecular complexity index is 693. The number of halogens is 1. The fraction of sp³-hybridized carbons (Fsp3) is 0.350. The Morgan fingerprint density at radius 2 is 1.75 bits per heavy atom. The minimum atomic E-state index is -0.279. The Hall–Kier alpha value is -2.36. The predicted molar refractivity (Wildman–Crippen MR) is 94.5 cm³/mol. The zero-order chi connectivity index (χ0) is 16.9. The summed E-state index contributed by atoms with van der Waals surface area (Å²) in [6.45, 7) is 2.77. The Kier molecular flexibility index (Phi) is 5.14. The number of carbonyl (C=O) groups is 1. The lowest BCUT2D eigenvalue weighted by Gasteiger charge is -2.24. The molecule has 0 atom stereocenters. The van der Waals surface area contributed by atoms with Crippen LogP contribution in [0.5, 0.6) is 0 Å². The smallest absolute Gasteiger partial charge is 0.227 e. The minimum Gasteiger partial charge on any atom is -0.371 e. The van der Waals surface area contributed by atoms with Gasteiger partial charge in [0.05, 0.1) is 6.42 Å². The highest BCUT2D eigenvalue weighted by Crippen LogP contribution is 2.25. The molecule has 126 valence electrons. The molecule has 0 aliphatic carbocycles. The summed E-state index contributed by atoms with van der Waals surface area (Å²) in [6, 6.07) is 14.4. The summed E-state index contributed by atoms with van der Waals surface area (Å²) in [5.74, 6) is -0.239. The van der Waals surface area contributed by atoms with E-state index in [1.165, 1.54) is 36.2 Å². The number of hydrogen-bond donors (Lipinski definition) is 0. The van der Waals surface area contributed by atoms with Crippen molar-refractivity contribution in [2.24, 2.45) is 0 Å². The van der Waals surface area contributed by atoms with Crippen molar-refractivity contribution < 1.29 is 9.18 Å². The van der Waals surface area contributed by atoms with E-state index in [1.807, 2.05) is 13.1 Å². The minimum absolute atomic E-state index is 0.0397. The maximum atomic E-state index is 13.0. The number of anilines is 1. The first-order chi connectivity index (χ1) is 11.6. The van der Waals surface area contributed by atoms with Crippen molar-refractivity contribution in [3.8, 4) is 0 Å². The molecule has 0 aromatic heterocycles. The largest absolute Gasteiger partial charge is 0.371 e. The summed E-state index contributed by atoms with van der Waals surface area (Å²) < 4.78 is 13.0. The average Bonchev–Trinajstić information content (AvgIpc) is 3.11. The molecule has 2 aromatic carbocycles. The topological polar surface area (TPSA) is 23.6 Å². The van der Waals surface area contributed by atoms with Crippen molar-refractivity contribution in [1.82, 2.24) is 4.90 Å². The van der Waals surface area contributed by atoms with Crippen LogP contribution in [-0.4, -0.2) is 30.9 Å². The molecule has 3 nitrogen and oxygen atoms in total. The molecule has 1 aliphatic rings. The van der Waals surface area contributed by atoms with Gasteiger partial charge in [0, 0.05) is 32.4 Å². The number of para-hydroxylation sites is 1. The van der Waals surface area contributed by atoms with Crippen LogP contribution in [0.1, 0.15) is 24.0 Å². The van der Waals surface area contributed by atoms with E-state index in [9.17, 15) is 9.18 Å². The molecule has 2 aromatic rings. The fourth-order valence-electron chi connectivity index (χ4n) is 3.17. The molecule has 1 amide bonds. The van der Waals surface area contributed by atoms with E-state index in [4.69, 9.17) is 0 Å². The molecule has 4 heteroatoms. The number of carbonyl (C=O) groups excluding carboxylic acids is 1. The quantitative estimate of drug-likeness (QED) is 0.838. The predicted octanol–water partition coefficient (Wildman–Crippen LogP) is 3.63. The van der Waals surface area contributed by atoms with Crippen LogP contribution >= 0.6 is 0 Å². The molecule has 0 saturated carbocycles. The summed E-state index contributed by atoms with van der Waals surface area (Å²) in [7, 11) is 1.83. The van der Waals surface area contributed by atoms with E-state index in [0.29, 0.717) is 13.0 Å². The second-order valence-corrected chi connectivity index (χ2v) is 6.38. The molecule has 1 aliphatic heterocycles. The van der Waals surface area contributed by atoms with E-state index in [2.05, 4.69) is 23.1 Å². The van der Waals surface area contributed by atoms with Crippen LogP contribution in [-0.2, 0) is 17.8 Å². The van der Waals surface area contributed by atoms with Crippen molar-refractivity contribution in [1.29, 1.82) is 0 Å². The van der Waals surface area contributed by atoms with Crippen LogP contribution in [0.3, 0.4) is 0 Å². The average molecular weight is 326 g/mol. The van der Waals surface area contributed by atoms with Crippen molar-refractivity contribution in [3.63, 3.8) is 0 Å². The third-order valence-electron chi connectivity index (χ3n) is 4.54. The molecule has 24 heavy (non-hydrogen) atoms.